The van der Waals surface area contributed by atoms with Gasteiger partial charge in [0.15, 0.2) is 0 Å². The van der Waals surface area contributed by atoms with Gasteiger partial charge in [-0.15, -0.1) is 0 Å². The number of carbonyl (C=O) groups is 1. The van der Waals surface area contributed by atoms with Crippen molar-refractivity contribution in [1.29, 1.82) is 5.26 Å². The number of nitrogens with zero attached hydrogens (tertiary/aromatic N) is 2. The number of hydrogen-bond acceptors (Lipinski definition) is 2. The van der Waals surface area contributed by atoms with Crippen LogP contribution in [0.25, 0.3) is 10.9 Å². The van der Waals surface area contributed by atoms with Crippen LogP contribution in [0.4, 0.5) is 23.2 Å². The number of nitrogens with one attached hydrogen (secondary N) is 1. The van der Waals surface area contributed by atoms with Crippen molar-refractivity contribution in [3.63, 3.8) is 0 Å². The van der Waals surface area contributed by atoms with Crippen LogP contribution in [0, 0.1) is 23.1 Å². The molecule has 1 amide bonds. The van der Waals surface area contributed by atoms with Gasteiger partial charge < -0.3 is 9.88 Å². The van der Waals surface area contributed by atoms with Gasteiger partial charge in [-0.3, -0.25) is 4.79 Å². The summed E-state index contributed by atoms with van der Waals surface area (Å²) in [6.45, 7) is 1.91. The average molecular weight is 389 g/mol. The number of hydrogen-bond donors (Lipinski definition) is 1. The molecule has 8 heteroatoms. The topological polar surface area (TPSA) is 57.8 Å². The molecule has 2 aromatic carbocycles. The molecule has 28 heavy (non-hydrogen) atoms. The molecule has 0 spiro atoms. The van der Waals surface area contributed by atoms with E-state index in [1.807, 2.05) is 0 Å². The van der Waals surface area contributed by atoms with Gasteiger partial charge in [-0.25, -0.2) is 4.39 Å². The molecule has 0 unspecified atom stereocenters. The van der Waals surface area contributed by atoms with Gasteiger partial charge >= 0.3 is 6.18 Å². The molecule has 0 radical (unpaired) electrons. The molecular formula is C20H15F4N3O. The number of benzene rings is 2. The zero-order chi connectivity index (χ0) is 20.5. The number of fused-ring (bicyclic) bond motifs is 1. The van der Waals surface area contributed by atoms with E-state index in [1.54, 1.807) is 29.8 Å². The highest BCUT2D eigenvalue weighted by Crippen LogP contribution is 2.33. The van der Waals surface area contributed by atoms with Gasteiger partial charge in [-0.05, 0) is 42.5 Å². The van der Waals surface area contributed by atoms with Crippen molar-refractivity contribution < 1.29 is 22.4 Å². The summed E-state index contributed by atoms with van der Waals surface area (Å²) in [6, 6.07) is 10.5. The van der Waals surface area contributed by atoms with E-state index in [9.17, 15) is 22.4 Å². The van der Waals surface area contributed by atoms with Gasteiger partial charge in [0.05, 0.1) is 23.1 Å². The quantitative estimate of drug-likeness (QED) is 0.642. The summed E-state index contributed by atoms with van der Waals surface area (Å²) in [7, 11) is 0. The van der Waals surface area contributed by atoms with Gasteiger partial charge in [0.2, 0.25) is 5.91 Å². The molecule has 0 bridgehead atoms. The average Bonchev–Trinajstić information content (AvgIpc) is 3.02. The minimum absolute atomic E-state index is 0.0392. The van der Waals surface area contributed by atoms with Crippen molar-refractivity contribution in [2.24, 2.45) is 5.92 Å². The van der Waals surface area contributed by atoms with Crippen LogP contribution >= 0.6 is 0 Å². The summed E-state index contributed by atoms with van der Waals surface area (Å²) in [5, 5.41) is 12.0. The van der Waals surface area contributed by atoms with Crippen LogP contribution in [0.2, 0.25) is 0 Å². The number of nitriles is 1. The lowest BCUT2D eigenvalue weighted by atomic mass is 10.1. The molecule has 3 rings (SSSR count). The van der Waals surface area contributed by atoms with Crippen LogP contribution in [0.3, 0.4) is 0 Å². The van der Waals surface area contributed by atoms with Crippen molar-refractivity contribution >= 4 is 22.5 Å². The predicted molar refractivity (Wildman–Crippen MR) is 95.8 cm³/mol. The van der Waals surface area contributed by atoms with Gasteiger partial charge in [-0.2, -0.15) is 18.4 Å². The fourth-order valence-electron chi connectivity index (χ4n) is 2.93. The Morgan fingerprint density at radius 3 is 2.64 bits per heavy atom. The monoisotopic (exact) mass is 389 g/mol. The molecule has 3 aromatic rings. The fraction of sp³-hybridized carbons (Fsp3) is 0.200. The molecule has 1 N–H and O–H groups in total. The third kappa shape index (κ3) is 3.98. The summed E-state index contributed by atoms with van der Waals surface area (Å²) >= 11 is 0. The van der Waals surface area contributed by atoms with Crippen molar-refractivity contribution in [1.82, 2.24) is 4.57 Å². The first-order valence-corrected chi connectivity index (χ1v) is 8.35. The van der Waals surface area contributed by atoms with Crippen molar-refractivity contribution in [2.45, 2.75) is 19.6 Å². The maximum absolute atomic E-state index is 13.3. The fourth-order valence-corrected chi connectivity index (χ4v) is 2.93. The number of anilines is 1. The first-order valence-electron chi connectivity index (χ1n) is 8.35. The van der Waals surface area contributed by atoms with Crippen LogP contribution in [0.15, 0.2) is 48.7 Å². The highest BCUT2D eigenvalue weighted by Gasteiger charge is 2.34. The third-order valence-electron chi connectivity index (χ3n) is 4.36. The van der Waals surface area contributed by atoms with Crippen LogP contribution in [-0.4, -0.2) is 10.5 Å². The Morgan fingerprint density at radius 1 is 1.21 bits per heavy atom. The Hall–Kier alpha value is -3.34. The number of rotatable bonds is 4. The number of aromatic nitrogens is 1. The molecule has 0 aliphatic heterocycles. The molecule has 144 valence electrons. The van der Waals surface area contributed by atoms with Gasteiger partial charge in [0, 0.05) is 29.3 Å². The Kier molecular flexibility index (Phi) is 5.10. The molecule has 1 heterocycles. The summed E-state index contributed by atoms with van der Waals surface area (Å²) in [4.78, 5) is 12.4. The van der Waals surface area contributed by atoms with Crippen LogP contribution in [0.5, 0.6) is 0 Å². The van der Waals surface area contributed by atoms with Crippen LogP contribution in [-0.2, 0) is 17.5 Å². The van der Waals surface area contributed by atoms with Crippen molar-refractivity contribution in [3.05, 3.63) is 65.6 Å². The van der Waals surface area contributed by atoms with E-state index >= 15 is 0 Å². The Morgan fingerprint density at radius 2 is 1.96 bits per heavy atom. The van der Waals surface area contributed by atoms with E-state index in [4.69, 9.17) is 5.26 Å². The van der Waals surface area contributed by atoms with Gasteiger partial charge in [-0.1, -0.05) is 6.92 Å². The minimum Gasteiger partial charge on any atom is -0.347 e. The second kappa shape index (κ2) is 7.35. The Bertz CT molecular complexity index is 1080. The molecule has 0 saturated carbocycles. The van der Waals surface area contributed by atoms with E-state index < -0.39 is 29.1 Å². The first-order chi connectivity index (χ1) is 13.2. The second-order valence-electron chi connectivity index (χ2n) is 6.43. The maximum Gasteiger partial charge on any atom is 0.417 e. The summed E-state index contributed by atoms with van der Waals surface area (Å²) < 4.78 is 54.2. The number of alkyl halides is 3. The lowest BCUT2D eigenvalue weighted by Crippen LogP contribution is -2.24. The first kappa shape index (κ1) is 19.4. The summed E-state index contributed by atoms with van der Waals surface area (Å²) in [6.07, 6.45) is -2.98. The van der Waals surface area contributed by atoms with Crippen molar-refractivity contribution in [2.75, 3.05) is 5.32 Å². The van der Waals surface area contributed by atoms with Gasteiger partial charge in [0.1, 0.15) is 5.82 Å². The highest BCUT2D eigenvalue weighted by molar-refractivity contribution is 5.92. The minimum atomic E-state index is -4.70. The zero-order valence-corrected chi connectivity index (χ0v) is 14.7. The largest absolute Gasteiger partial charge is 0.417 e. The SMILES string of the molecule is C[C@H](Cn1ccc2cc(F)ccc21)C(=O)Nc1ccc(C#N)c(C(F)(F)F)c1. The number of halogens is 4. The van der Waals surface area contributed by atoms with Crippen LogP contribution in [0.1, 0.15) is 18.1 Å². The summed E-state index contributed by atoms with van der Waals surface area (Å²) in [5.41, 5.74) is -0.898. The molecule has 0 saturated heterocycles. The molecule has 1 atom stereocenters. The van der Waals surface area contributed by atoms with E-state index in [0.29, 0.717) is 5.39 Å². The highest BCUT2D eigenvalue weighted by atomic mass is 19.4. The van der Waals surface area contributed by atoms with E-state index in [0.717, 1.165) is 17.6 Å². The van der Waals surface area contributed by atoms with E-state index in [2.05, 4.69) is 5.32 Å². The Balaban J connectivity index is 1.76. The second-order valence-corrected chi connectivity index (χ2v) is 6.43. The summed E-state index contributed by atoms with van der Waals surface area (Å²) in [5.74, 6) is -1.40. The lowest BCUT2D eigenvalue weighted by Gasteiger charge is -2.15. The van der Waals surface area contributed by atoms with Crippen LogP contribution < -0.4 is 5.32 Å². The van der Waals surface area contributed by atoms with Gasteiger partial charge in [0.25, 0.3) is 0 Å². The lowest BCUT2D eigenvalue weighted by molar-refractivity contribution is -0.137. The number of carbonyl (C=O) groups excluding carboxylic acids is 1. The predicted octanol–water partition coefficient (Wildman–Crippen LogP) is 4.95. The van der Waals surface area contributed by atoms with E-state index in [-0.39, 0.29) is 18.0 Å². The standard InChI is InChI=1S/C20H15F4N3O/c1-12(11-27-7-6-13-8-15(21)3-5-18(13)27)19(28)26-16-4-2-14(10-25)17(9-16)20(22,23)24/h2-9,12H,11H2,1H3,(H,26,28)/t12-/m1/s1. The smallest absolute Gasteiger partial charge is 0.347 e. The zero-order valence-electron chi connectivity index (χ0n) is 14.7. The molecule has 0 aliphatic carbocycles. The molecule has 0 fully saturated rings. The normalized spacial score (nSPS) is 12.6. The molecular weight excluding hydrogens is 374 g/mol. The molecule has 1 aromatic heterocycles. The third-order valence-corrected chi connectivity index (χ3v) is 4.36. The Labute approximate surface area is 158 Å². The maximum atomic E-state index is 13.3. The number of amides is 1. The molecule has 0 aliphatic rings. The van der Waals surface area contributed by atoms with Crippen molar-refractivity contribution in [3.8, 4) is 6.07 Å². The van der Waals surface area contributed by atoms with E-state index in [1.165, 1.54) is 24.3 Å². The molecule has 4 nitrogen and oxygen atoms in total.